The second kappa shape index (κ2) is 7.87. The lowest BCUT2D eigenvalue weighted by Gasteiger charge is -2.14. The van der Waals surface area contributed by atoms with Crippen LogP contribution in [-0.4, -0.2) is 43.2 Å². The van der Waals surface area contributed by atoms with Gasteiger partial charge in [0.2, 0.25) is 11.8 Å². The van der Waals surface area contributed by atoms with Crippen molar-refractivity contribution in [1.29, 1.82) is 0 Å². The molecule has 0 aromatic heterocycles. The van der Waals surface area contributed by atoms with Crippen molar-refractivity contribution in [2.75, 3.05) is 14.2 Å². The van der Waals surface area contributed by atoms with Crippen LogP contribution in [0.3, 0.4) is 0 Å². The van der Waals surface area contributed by atoms with Crippen LogP contribution in [0.2, 0.25) is 0 Å². The molecule has 1 aromatic rings. The third kappa shape index (κ3) is 4.97. The summed E-state index contributed by atoms with van der Waals surface area (Å²) in [5.74, 6) is -1.69. The normalized spacial score (nSPS) is 11.4. The molecule has 0 aliphatic heterocycles. The largest absolute Gasteiger partial charge is 0.497 e. The monoisotopic (exact) mass is 310 g/mol. The maximum Gasteiger partial charge on any atom is 0.326 e. The number of nitrogens with one attached hydrogen (secondary N) is 1. The Kier molecular flexibility index (Phi) is 6.18. The first-order valence-electron chi connectivity index (χ1n) is 6.38. The SMILES string of the molecule is COc1ccc(CC(=O)NC(CC(N)=O)C(=O)O)c(OC)c1. The third-order valence-corrected chi connectivity index (χ3v) is 2.88. The van der Waals surface area contributed by atoms with Crippen LogP contribution < -0.4 is 20.5 Å². The Morgan fingerprint density at radius 2 is 1.95 bits per heavy atom. The van der Waals surface area contributed by atoms with Crippen LogP contribution in [0.15, 0.2) is 18.2 Å². The first-order chi connectivity index (χ1) is 10.4. The maximum atomic E-state index is 11.9. The average molecular weight is 310 g/mol. The van der Waals surface area contributed by atoms with Crippen molar-refractivity contribution in [1.82, 2.24) is 5.32 Å². The van der Waals surface area contributed by atoms with Crippen molar-refractivity contribution in [3.63, 3.8) is 0 Å². The van der Waals surface area contributed by atoms with Gasteiger partial charge in [0.1, 0.15) is 17.5 Å². The van der Waals surface area contributed by atoms with E-state index >= 15 is 0 Å². The molecule has 1 rings (SSSR count). The van der Waals surface area contributed by atoms with Crippen LogP contribution in [0, 0.1) is 0 Å². The van der Waals surface area contributed by atoms with Crippen LogP contribution in [-0.2, 0) is 20.8 Å². The second-order valence-corrected chi connectivity index (χ2v) is 4.48. The summed E-state index contributed by atoms with van der Waals surface area (Å²) in [5, 5.41) is 11.2. The van der Waals surface area contributed by atoms with Gasteiger partial charge in [0.25, 0.3) is 0 Å². The summed E-state index contributed by atoms with van der Waals surface area (Å²) in [4.78, 5) is 33.7. The minimum Gasteiger partial charge on any atom is -0.497 e. The van der Waals surface area contributed by atoms with E-state index < -0.39 is 30.2 Å². The van der Waals surface area contributed by atoms with Gasteiger partial charge in [-0.2, -0.15) is 0 Å². The molecule has 8 nitrogen and oxygen atoms in total. The lowest BCUT2D eigenvalue weighted by atomic mass is 10.1. The fourth-order valence-electron chi connectivity index (χ4n) is 1.82. The molecule has 0 aliphatic rings. The van der Waals surface area contributed by atoms with Gasteiger partial charge in [-0.25, -0.2) is 4.79 Å². The number of amides is 2. The summed E-state index contributed by atoms with van der Waals surface area (Å²) in [7, 11) is 2.95. The number of carbonyl (C=O) groups excluding carboxylic acids is 2. The molecule has 0 saturated carbocycles. The summed E-state index contributed by atoms with van der Waals surface area (Å²) >= 11 is 0. The lowest BCUT2D eigenvalue weighted by molar-refractivity contribution is -0.143. The number of nitrogens with two attached hydrogens (primary N) is 1. The number of carboxylic acid groups (broad SMARTS) is 1. The molecule has 0 fully saturated rings. The third-order valence-electron chi connectivity index (χ3n) is 2.88. The van der Waals surface area contributed by atoms with E-state index in [1.807, 2.05) is 0 Å². The average Bonchev–Trinajstić information content (AvgIpc) is 2.46. The zero-order chi connectivity index (χ0) is 16.7. The number of carbonyl (C=O) groups is 3. The molecule has 0 aliphatic carbocycles. The number of ether oxygens (including phenoxy) is 2. The molecule has 8 heteroatoms. The van der Waals surface area contributed by atoms with Crippen LogP contribution in [0.4, 0.5) is 0 Å². The zero-order valence-corrected chi connectivity index (χ0v) is 12.3. The van der Waals surface area contributed by atoms with Crippen LogP contribution in [0.25, 0.3) is 0 Å². The fourth-order valence-corrected chi connectivity index (χ4v) is 1.82. The van der Waals surface area contributed by atoms with E-state index in [9.17, 15) is 14.4 Å². The topological polar surface area (TPSA) is 128 Å². The Hall–Kier alpha value is -2.77. The quantitative estimate of drug-likeness (QED) is 0.604. The number of hydrogen-bond donors (Lipinski definition) is 3. The van der Waals surface area contributed by atoms with Crippen molar-refractivity contribution in [3.8, 4) is 11.5 Å². The molecule has 1 aromatic carbocycles. The fraction of sp³-hybridized carbons (Fsp3) is 0.357. The predicted molar refractivity (Wildman–Crippen MR) is 76.6 cm³/mol. The minimum absolute atomic E-state index is 0.101. The molecular weight excluding hydrogens is 292 g/mol. The molecule has 4 N–H and O–H groups in total. The summed E-state index contributed by atoms with van der Waals surface area (Å²) in [6.07, 6.45) is -0.573. The summed E-state index contributed by atoms with van der Waals surface area (Å²) < 4.78 is 10.2. The van der Waals surface area contributed by atoms with Crippen molar-refractivity contribution >= 4 is 17.8 Å². The summed E-state index contributed by atoms with van der Waals surface area (Å²) in [6, 6.07) is 3.56. The van der Waals surface area contributed by atoms with Crippen molar-refractivity contribution in [2.45, 2.75) is 18.9 Å². The van der Waals surface area contributed by atoms with Gasteiger partial charge in [0.05, 0.1) is 27.1 Å². The molecule has 120 valence electrons. The molecule has 0 heterocycles. The highest BCUT2D eigenvalue weighted by Crippen LogP contribution is 2.24. The lowest BCUT2D eigenvalue weighted by Crippen LogP contribution is -2.43. The van der Waals surface area contributed by atoms with Crippen molar-refractivity contribution in [2.24, 2.45) is 5.73 Å². The van der Waals surface area contributed by atoms with E-state index in [1.54, 1.807) is 18.2 Å². The maximum absolute atomic E-state index is 11.9. The van der Waals surface area contributed by atoms with Gasteiger partial charge in [-0.1, -0.05) is 6.07 Å². The van der Waals surface area contributed by atoms with Gasteiger partial charge in [0, 0.05) is 11.6 Å². The predicted octanol–water partition coefficient (Wildman–Crippen LogP) is -0.309. The Morgan fingerprint density at radius 1 is 1.27 bits per heavy atom. The molecule has 0 saturated heterocycles. The number of hydrogen-bond acceptors (Lipinski definition) is 5. The highest BCUT2D eigenvalue weighted by Gasteiger charge is 2.22. The van der Waals surface area contributed by atoms with E-state index in [4.69, 9.17) is 20.3 Å². The van der Waals surface area contributed by atoms with Crippen molar-refractivity contribution in [3.05, 3.63) is 23.8 Å². The molecule has 0 bridgehead atoms. The van der Waals surface area contributed by atoms with Crippen LogP contribution in [0.1, 0.15) is 12.0 Å². The van der Waals surface area contributed by atoms with E-state index in [0.29, 0.717) is 17.1 Å². The molecule has 0 radical (unpaired) electrons. The van der Waals surface area contributed by atoms with Crippen LogP contribution in [0.5, 0.6) is 11.5 Å². The van der Waals surface area contributed by atoms with Gasteiger partial charge in [0.15, 0.2) is 0 Å². The van der Waals surface area contributed by atoms with E-state index in [2.05, 4.69) is 5.32 Å². The smallest absolute Gasteiger partial charge is 0.326 e. The zero-order valence-electron chi connectivity index (χ0n) is 12.3. The second-order valence-electron chi connectivity index (χ2n) is 4.48. The molecule has 1 unspecified atom stereocenters. The molecular formula is C14H18N2O6. The van der Waals surface area contributed by atoms with Gasteiger partial charge < -0.3 is 25.6 Å². The molecule has 1 atom stereocenters. The first-order valence-corrected chi connectivity index (χ1v) is 6.38. The number of aliphatic carboxylic acids is 1. The van der Waals surface area contributed by atoms with Gasteiger partial charge in [-0.15, -0.1) is 0 Å². The first kappa shape index (κ1) is 17.3. The van der Waals surface area contributed by atoms with Gasteiger partial charge in [-0.05, 0) is 6.07 Å². The number of primary amides is 1. The van der Waals surface area contributed by atoms with Gasteiger partial charge >= 0.3 is 5.97 Å². The Bertz CT molecular complexity index is 572. The summed E-state index contributed by atoms with van der Waals surface area (Å²) in [5.41, 5.74) is 5.51. The Balaban J connectivity index is 2.79. The standard InChI is InChI=1S/C14H18N2O6/c1-21-9-4-3-8(11(6-9)22-2)5-13(18)16-10(14(19)20)7-12(15)17/h3-4,6,10H,5,7H2,1-2H3,(H2,15,17)(H,16,18)(H,19,20). The highest BCUT2D eigenvalue weighted by molar-refractivity contribution is 5.89. The molecule has 0 spiro atoms. The van der Waals surface area contributed by atoms with Gasteiger partial charge in [-0.3, -0.25) is 9.59 Å². The van der Waals surface area contributed by atoms with Crippen LogP contribution >= 0.6 is 0 Å². The number of rotatable bonds is 8. The van der Waals surface area contributed by atoms with E-state index in [-0.39, 0.29) is 6.42 Å². The van der Waals surface area contributed by atoms with E-state index in [0.717, 1.165) is 0 Å². The number of carboxylic acids is 1. The minimum atomic E-state index is -1.35. The molecule has 22 heavy (non-hydrogen) atoms. The Morgan fingerprint density at radius 3 is 2.45 bits per heavy atom. The van der Waals surface area contributed by atoms with Crippen molar-refractivity contribution < 1.29 is 29.0 Å². The Labute approximate surface area is 127 Å². The number of methoxy groups -OCH3 is 2. The van der Waals surface area contributed by atoms with E-state index in [1.165, 1.54) is 14.2 Å². The highest BCUT2D eigenvalue weighted by atomic mass is 16.5. The molecule has 2 amide bonds. The summed E-state index contributed by atoms with van der Waals surface area (Å²) in [6.45, 7) is 0. The number of benzene rings is 1.